The Kier molecular flexibility index (Phi) is 5.58. The van der Waals surface area contributed by atoms with E-state index in [4.69, 9.17) is 9.47 Å². The molecule has 0 aliphatic rings. The first-order valence-corrected chi connectivity index (χ1v) is 8.47. The highest BCUT2D eigenvalue weighted by atomic mass is 16.5. The normalized spacial score (nSPS) is 10.5. The summed E-state index contributed by atoms with van der Waals surface area (Å²) in [6.07, 6.45) is 2.43. The molecule has 7 heteroatoms. The van der Waals surface area contributed by atoms with Crippen molar-refractivity contribution in [3.63, 3.8) is 0 Å². The summed E-state index contributed by atoms with van der Waals surface area (Å²) in [6, 6.07) is 11.1. The molecular formula is C19H22N4O3. The standard InChI is InChI=1S/C19H22N4O3/c1-3-26-17-7-4-13(10-18(17)25-2)8-9-20-19(24)22-15-6-5-14-12-21-23-16(14)11-15/h4-7,10-12H,3,8-9H2,1-2H3,(H,21,23)(H2,20,22,24). The van der Waals surface area contributed by atoms with E-state index in [1.54, 1.807) is 13.3 Å². The first-order chi connectivity index (χ1) is 12.7. The zero-order valence-corrected chi connectivity index (χ0v) is 14.8. The Labute approximate surface area is 151 Å². The summed E-state index contributed by atoms with van der Waals surface area (Å²) in [5, 5.41) is 13.5. The molecular weight excluding hydrogens is 332 g/mol. The SMILES string of the molecule is CCOc1ccc(CCNC(=O)Nc2ccc3cn[nH]c3c2)cc1OC. The maximum Gasteiger partial charge on any atom is 0.319 e. The number of urea groups is 1. The van der Waals surface area contributed by atoms with Crippen LogP contribution >= 0.6 is 0 Å². The maximum atomic E-state index is 12.0. The number of anilines is 1. The first-order valence-electron chi connectivity index (χ1n) is 8.47. The monoisotopic (exact) mass is 354 g/mol. The van der Waals surface area contributed by atoms with Crippen LogP contribution in [0.25, 0.3) is 10.9 Å². The van der Waals surface area contributed by atoms with Crippen LogP contribution in [0.3, 0.4) is 0 Å². The minimum absolute atomic E-state index is 0.248. The summed E-state index contributed by atoms with van der Waals surface area (Å²) >= 11 is 0. The second kappa shape index (κ2) is 8.24. The topological polar surface area (TPSA) is 88.3 Å². The van der Waals surface area contributed by atoms with Crippen LogP contribution in [0.15, 0.2) is 42.6 Å². The fourth-order valence-electron chi connectivity index (χ4n) is 2.65. The molecule has 26 heavy (non-hydrogen) atoms. The van der Waals surface area contributed by atoms with E-state index in [1.807, 2.05) is 43.3 Å². The Morgan fingerprint density at radius 1 is 1.19 bits per heavy atom. The second-order valence-electron chi connectivity index (χ2n) is 5.72. The van der Waals surface area contributed by atoms with Crippen molar-refractivity contribution < 1.29 is 14.3 Å². The Morgan fingerprint density at radius 2 is 2.08 bits per heavy atom. The van der Waals surface area contributed by atoms with Gasteiger partial charge in [-0.3, -0.25) is 5.10 Å². The average molecular weight is 354 g/mol. The van der Waals surface area contributed by atoms with Crippen LogP contribution in [0, 0.1) is 0 Å². The Balaban J connectivity index is 1.51. The Bertz CT molecular complexity index is 891. The number of amides is 2. The van der Waals surface area contributed by atoms with E-state index in [-0.39, 0.29) is 6.03 Å². The van der Waals surface area contributed by atoms with Crippen molar-refractivity contribution in [2.24, 2.45) is 0 Å². The maximum absolute atomic E-state index is 12.0. The molecule has 0 radical (unpaired) electrons. The van der Waals surface area contributed by atoms with Gasteiger partial charge < -0.3 is 20.1 Å². The van der Waals surface area contributed by atoms with Crippen LogP contribution in [-0.4, -0.2) is 36.5 Å². The van der Waals surface area contributed by atoms with Gasteiger partial charge in [0.15, 0.2) is 11.5 Å². The molecule has 1 aromatic heterocycles. The van der Waals surface area contributed by atoms with E-state index in [1.165, 1.54) is 0 Å². The van der Waals surface area contributed by atoms with Crippen LogP contribution in [0.2, 0.25) is 0 Å². The molecule has 2 aromatic carbocycles. The zero-order chi connectivity index (χ0) is 18.4. The highest BCUT2D eigenvalue weighted by Crippen LogP contribution is 2.28. The predicted molar refractivity (Wildman–Crippen MR) is 101 cm³/mol. The number of nitrogens with one attached hydrogen (secondary N) is 3. The molecule has 0 saturated heterocycles. The number of benzene rings is 2. The van der Waals surface area contributed by atoms with Crippen molar-refractivity contribution in [2.75, 3.05) is 25.6 Å². The number of hydrogen-bond donors (Lipinski definition) is 3. The van der Waals surface area contributed by atoms with E-state index in [0.29, 0.717) is 31.0 Å². The summed E-state index contributed by atoms with van der Waals surface area (Å²) in [5.74, 6) is 1.42. The molecule has 0 fully saturated rings. The lowest BCUT2D eigenvalue weighted by Crippen LogP contribution is -2.30. The van der Waals surface area contributed by atoms with Crippen LogP contribution in [-0.2, 0) is 6.42 Å². The van der Waals surface area contributed by atoms with Gasteiger partial charge in [0, 0.05) is 17.6 Å². The largest absolute Gasteiger partial charge is 0.493 e. The summed E-state index contributed by atoms with van der Waals surface area (Å²) in [6.45, 7) is 3.02. The molecule has 3 N–H and O–H groups in total. The highest BCUT2D eigenvalue weighted by Gasteiger charge is 2.07. The van der Waals surface area contributed by atoms with Crippen LogP contribution < -0.4 is 20.1 Å². The number of H-pyrrole nitrogens is 1. The van der Waals surface area contributed by atoms with Crippen LogP contribution in [0.5, 0.6) is 11.5 Å². The minimum atomic E-state index is -0.248. The molecule has 0 aliphatic carbocycles. The van der Waals surface area contributed by atoms with Gasteiger partial charge in [-0.2, -0.15) is 5.10 Å². The van der Waals surface area contributed by atoms with Gasteiger partial charge in [-0.15, -0.1) is 0 Å². The highest BCUT2D eigenvalue weighted by molar-refractivity contribution is 5.92. The lowest BCUT2D eigenvalue weighted by atomic mass is 10.1. The number of nitrogens with zero attached hydrogens (tertiary/aromatic N) is 1. The fourth-order valence-corrected chi connectivity index (χ4v) is 2.65. The molecule has 0 bridgehead atoms. The average Bonchev–Trinajstić information content (AvgIpc) is 3.10. The van der Waals surface area contributed by atoms with Gasteiger partial charge in [-0.1, -0.05) is 6.07 Å². The van der Waals surface area contributed by atoms with E-state index in [0.717, 1.165) is 22.2 Å². The predicted octanol–water partition coefficient (Wildman–Crippen LogP) is 3.33. The number of aromatic amines is 1. The number of methoxy groups -OCH3 is 1. The smallest absolute Gasteiger partial charge is 0.319 e. The minimum Gasteiger partial charge on any atom is -0.493 e. The van der Waals surface area contributed by atoms with Crippen LogP contribution in [0.4, 0.5) is 10.5 Å². The Morgan fingerprint density at radius 3 is 2.88 bits per heavy atom. The summed E-state index contributed by atoms with van der Waals surface area (Å²) in [5.41, 5.74) is 2.65. The number of fused-ring (bicyclic) bond motifs is 1. The number of aromatic nitrogens is 2. The van der Waals surface area contributed by atoms with Gasteiger partial charge >= 0.3 is 6.03 Å². The van der Waals surface area contributed by atoms with Gasteiger partial charge in [-0.05, 0) is 49.2 Å². The molecule has 7 nitrogen and oxygen atoms in total. The van der Waals surface area contributed by atoms with Crippen molar-refractivity contribution in [1.82, 2.24) is 15.5 Å². The number of ether oxygens (including phenoxy) is 2. The van der Waals surface area contributed by atoms with Crippen molar-refractivity contribution in [3.05, 3.63) is 48.2 Å². The van der Waals surface area contributed by atoms with E-state index in [9.17, 15) is 4.79 Å². The van der Waals surface area contributed by atoms with Crippen molar-refractivity contribution >= 4 is 22.6 Å². The molecule has 0 spiro atoms. The van der Waals surface area contributed by atoms with Gasteiger partial charge in [0.05, 0.1) is 25.4 Å². The third kappa shape index (κ3) is 4.24. The molecule has 1 heterocycles. The molecule has 3 aromatic rings. The quantitative estimate of drug-likeness (QED) is 0.607. The lowest BCUT2D eigenvalue weighted by molar-refractivity contribution is 0.252. The van der Waals surface area contributed by atoms with Gasteiger partial charge in [-0.25, -0.2) is 4.79 Å². The number of hydrogen-bond acceptors (Lipinski definition) is 4. The third-order valence-corrected chi connectivity index (χ3v) is 3.93. The number of rotatable bonds is 7. The number of carbonyl (C=O) groups is 1. The van der Waals surface area contributed by atoms with E-state index >= 15 is 0 Å². The molecule has 0 unspecified atom stereocenters. The molecule has 2 amide bonds. The van der Waals surface area contributed by atoms with Gasteiger partial charge in [0.2, 0.25) is 0 Å². The number of carbonyl (C=O) groups excluding carboxylic acids is 1. The molecule has 3 rings (SSSR count). The lowest BCUT2D eigenvalue weighted by Gasteiger charge is -2.11. The van der Waals surface area contributed by atoms with E-state index in [2.05, 4.69) is 20.8 Å². The van der Waals surface area contributed by atoms with Gasteiger partial charge in [0.25, 0.3) is 0 Å². The second-order valence-corrected chi connectivity index (χ2v) is 5.72. The molecule has 136 valence electrons. The first kappa shape index (κ1) is 17.6. The Hall–Kier alpha value is -3.22. The summed E-state index contributed by atoms with van der Waals surface area (Å²) in [7, 11) is 1.61. The molecule has 0 aliphatic heterocycles. The van der Waals surface area contributed by atoms with Crippen LogP contribution in [0.1, 0.15) is 12.5 Å². The van der Waals surface area contributed by atoms with Crippen molar-refractivity contribution in [1.29, 1.82) is 0 Å². The zero-order valence-electron chi connectivity index (χ0n) is 14.8. The fraction of sp³-hybridized carbons (Fsp3) is 0.263. The summed E-state index contributed by atoms with van der Waals surface area (Å²) in [4.78, 5) is 12.0. The van der Waals surface area contributed by atoms with Crippen molar-refractivity contribution in [2.45, 2.75) is 13.3 Å². The van der Waals surface area contributed by atoms with Gasteiger partial charge in [0.1, 0.15) is 0 Å². The van der Waals surface area contributed by atoms with E-state index < -0.39 is 0 Å². The summed E-state index contributed by atoms with van der Waals surface area (Å²) < 4.78 is 10.8. The molecule has 0 saturated carbocycles. The van der Waals surface area contributed by atoms with Crippen molar-refractivity contribution in [3.8, 4) is 11.5 Å². The molecule has 0 atom stereocenters. The third-order valence-electron chi connectivity index (χ3n) is 3.93.